The quantitative estimate of drug-likeness (QED) is 0.498. The average Bonchev–Trinajstić information content (AvgIpc) is 3.14. The molecule has 0 spiro atoms. The van der Waals surface area contributed by atoms with E-state index < -0.39 is 0 Å². The molecule has 0 radical (unpaired) electrons. The van der Waals surface area contributed by atoms with Crippen molar-refractivity contribution >= 4 is 0 Å². The SMILES string of the molecule is COc1ccc(-c2cc(OC3CC(C)(C)OC(C)(C)C3)nn2-c2ccccc2OC)cc1. The number of methoxy groups -OCH3 is 2. The Hall–Kier alpha value is -2.99. The van der Waals surface area contributed by atoms with E-state index in [4.69, 9.17) is 24.0 Å². The highest BCUT2D eigenvalue weighted by atomic mass is 16.5. The van der Waals surface area contributed by atoms with Crippen molar-refractivity contribution in [3.05, 3.63) is 54.6 Å². The largest absolute Gasteiger partial charge is 0.497 e. The Labute approximate surface area is 190 Å². The van der Waals surface area contributed by atoms with E-state index in [-0.39, 0.29) is 17.3 Å². The molecule has 0 bridgehead atoms. The Morgan fingerprint density at radius 3 is 2.19 bits per heavy atom. The molecule has 1 fully saturated rings. The molecule has 0 atom stereocenters. The predicted molar refractivity (Wildman–Crippen MR) is 125 cm³/mol. The first-order chi connectivity index (χ1) is 15.2. The van der Waals surface area contributed by atoms with Gasteiger partial charge in [0.05, 0.1) is 31.1 Å². The Morgan fingerprint density at radius 1 is 0.906 bits per heavy atom. The third-order valence-corrected chi connectivity index (χ3v) is 5.66. The summed E-state index contributed by atoms with van der Waals surface area (Å²) in [6.07, 6.45) is 1.62. The number of nitrogens with zero attached hydrogens (tertiary/aromatic N) is 2. The van der Waals surface area contributed by atoms with Gasteiger partial charge >= 0.3 is 0 Å². The first kappa shape index (κ1) is 22.2. The molecule has 2 aromatic carbocycles. The fourth-order valence-electron chi connectivity index (χ4n) is 4.63. The fraction of sp³-hybridized carbons (Fsp3) is 0.423. The zero-order chi connectivity index (χ0) is 22.9. The van der Waals surface area contributed by atoms with Crippen LogP contribution in [-0.2, 0) is 4.74 Å². The molecule has 0 aliphatic carbocycles. The van der Waals surface area contributed by atoms with Gasteiger partial charge in [-0.05, 0) is 64.1 Å². The molecule has 0 amide bonds. The highest BCUT2D eigenvalue weighted by Gasteiger charge is 2.40. The summed E-state index contributed by atoms with van der Waals surface area (Å²) in [6.45, 7) is 8.45. The van der Waals surface area contributed by atoms with E-state index in [1.54, 1.807) is 14.2 Å². The third kappa shape index (κ3) is 4.75. The van der Waals surface area contributed by atoms with Gasteiger partial charge in [0.1, 0.15) is 23.3 Å². The second-order valence-electron chi connectivity index (χ2n) is 9.45. The number of rotatable bonds is 6. The highest BCUT2D eigenvalue weighted by Crippen LogP contribution is 2.38. The number of aromatic nitrogens is 2. The molecular formula is C26H32N2O4. The van der Waals surface area contributed by atoms with E-state index in [0.29, 0.717) is 5.88 Å². The van der Waals surface area contributed by atoms with Crippen molar-refractivity contribution in [1.29, 1.82) is 0 Å². The van der Waals surface area contributed by atoms with Crippen LogP contribution < -0.4 is 14.2 Å². The smallest absolute Gasteiger partial charge is 0.234 e. The molecule has 170 valence electrons. The monoisotopic (exact) mass is 436 g/mol. The maximum atomic E-state index is 6.43. The van der Waals surface area contributed by atoms with Crippen LogP contribution in [0.1, 0.15) is 40.5 Å². The zero-order valence-corrected chi connectivity index (χ0v) is 19.7. The zero-order valence-electron chi connectivity index (χ0n) is 19.7. The summed E-state index contributed by atoms with van der Waals surface area (Å²) < 4.78 is 25.5. The number of hydrogen-bond acceptors (Lipinski definition) is 5. The highest BCUT2D eigenvalue weighted by molar-refractivity contribution is 5.65. The van der Waals surface area contributed by atoms with E-state index >= 15 is 0 Å². The van der Waals surface area contributed by atoms with Gasteiger partial charge in [-0.25, -0.2) is 4.68 Å². The standard InChI is InChI=1S/C26H32N2O4/c1-25(2)16-20(17-26(3,4)32-25)31-24-15-22(18-11-13-19(29-5)14-12-18)28(27-24)21-9-7-8-10-23(21)30-6/h7-15,20H,16-17H2,1-6H3. The fourth-order valence-corrected chi connectivity index (χ4v) is 4.63. The summed E-state index contributed by atoms with van der Waals surface area (Å²) in [5, 5.41) is 4.84. The Balaban J connectivity index is 1.74. The van der Waals surface area contributed by atoms with Gasteiger partial charge in [-0.2, -0.15) is 0 Å². The summed E-state index contributed by atoms with van der Waals surface area (Å²) >= 11 is 0. The van der Waals surface area contributed by atoms with E-state index in [2.05, 4.69) is 27.7 Å². The Kier molecular flexibility index (Phi) is 5.91. The summed E-state index contributed by atoms with van der Waals surface area (Å²) in [4.78, 5) is 0. The van der Waals surface area contributed by atoms with Crippen molar-refractivity contribution in [1.82, 2.24) is 9.78 Å². The Bertz CT molecular complexity index is 1050. The van der Waals surface area contributed by atoms with Crippen LogP contribution in [0, 0.1) is 0 Å². The van der Waals surface area contributed by atoms with Crippen LogP contribution in [0.2, 0.25) is 0 Å². The maximum absolute atomic E-state index is 6.43. The lowest BCUT2D eigenvalue weighted by Gasteiger charge is -2.44. The van der Waals surface area contributed by atoms with Crippen molar-refractivity contribution in [3.63, 3.8) is 0 Å². The van der Waals surface area contributed by atoms with Crippen LogP contribution in [0.15, 0.2) is 54.6 Å². The minimum atomic E-state index is -0.254. The van der Waals surface area contributed by atoms with Gasteiger partial charge in [0.25, 0.3) is 0 Å². The first-order valence-electron chi connectivity index (χ1n) is 10.9. The minimum Gasteiger partial charge on any atom is -0.497 e. The van der Waals surface area contributed by atoms with E-state index in [9.17, 15) is 0 Å². The van der Waals surface area contributed by atoms with Gasteiger partial charge in [-0.1, -0.05) is 12.1 Å². The van der Waals surface area contributed by atoms with Crippen LogP contribution in [0.3, 0.4) is 0 Å². The van der Waals surface area contributed by atoms with Crippen molar-refractivity contribution in [2.45, 2.75) is 57.8 Å². The van der Waals surface area contributed by atoms with Gasteiger partial charge in [0.15, 0.2) is 0 Å². The number of ether oxygens (including phenoxy) is 4. The van der Waals surface area contributed by atoms with Crippen LogP contribution in [0.5, 0.6) is 17.4 Å². The molecule has 1 saturated heterocycles. The van der Waals surface area contributed by atoms with Gasteiger partial charge in [-0.3, -0.25) is 0 Å². The lowest BCUT2D eigenvalue weighted by molar-refractivity contribution is -0.182. The molecule has 0 saturated carbocycles. The lowest BCUT2D eigenvalue weighted by Crippen LogP contribution is -2.49. The predicted octanol–water partition coefficient (Wildman–Crippen LogP) is 5.67. The Morgan fingerprint density at radius 2 is 1.56 bits per heavy atom. The van der Waals surface area contributed by atoms with E-state index in [1.165, 1.54) is 0 Å². The molecule has 6 heteroatoms. The third-order valence-electron chi connectivity index (χ3n) is 5.66. The molecule has 4 rings (SSSR count). The van der Waals surface area contributed by atoms with Crippen LogP contribution in [0.4, 0.5) is 0 Å². The van der Waals surface area contributed by atoms with Crippen LogP contribution >= 0.6 is 0 Å². The molecule has 6 nitrogen and oxygen atoms in total. The van der Waals surface area contributed by atoms with Gasteiger partial charge in [-0.15, -0.1) is 5.10 Å². The molecule has 0 unspecified atom stereocenters. The summed E-state index contributed by atoms with van der Waals surface area (Å²) in [6, 6.07) is 17.8. The molecule has 2 heterocycles. The van der Waals surface area contributed by atoms with Crippen molar-refractivity contribution < 1.29 is 18.9 Å². The van der Waals surface area contributed by atoms with Gasteiger partial charge in [0.2, 0.25) is 5.88 Å². The average molecular weight is 437 g/mol. The first-order valence-corrected chi connectivity index (χ1v) is 10.9. The molecule has 0 N–H and O–H groups in total. The molecule has 1 aromatic heterocycles. The van der Waals surface area contributed by atoms with Gasteiger partial charge < -0.3 is 18.9 Å². The van der Waals surface area contributed by atoms with Crippen molar-refractivity contribution in [2.24, 2.45) is 0 Å². The molecule has 32 heavy (non-hydrogen) atoms. The summed E-state index contributed by atoms with van der Waals surface area (Å²) in [5.41, 5.74) is 2.26. The lowest BCUT2D eigenvalue weighted by atomic mass is 9.87. The summed E-state index contributed by atoms with van der Waals surface area (Å²) in [5.74, 6) is 2.13. The van der Waals surface area contributed by atoms with E-state index in [1.807, 2.05) is 59.3 Å². The van der Waals surface area contributed by atoms with Crippen LogP contribution in [0.25, 0.3) is 16.9 Å². The molecule has 1 aliphatic rings. The maximum Gasteiger partial charge on any atom is 0.234 e. The number of hydrogen-bond donors (Lipinski definition) is 0. The second kappa shape index (κ2) is 8.51. The summed E-state index contributed by atoms with van der Waals surface area (Å²) in [7, 11) is 3.33. The van der Waals surface area contributed by atoms with Crippen molar-refractivity contribution in [3.8, 4) is 34.3 Å². The van der Waals surface area contributed by atoms with Crippen molar-refractivity contribution in [2.75, 3.05) is 14.2 Å². The number of benzene rings is 2. The van der Waals surface area contributed by atoms with Crippen LogP contribution in [-0.4, -0.2) is 41.3 Å². The normalized spacial score (nSPS) is 17.7. The number of para-hydroxylation sites is 2. The molecule has 1 aliphatic heterocycles. The topological polar surface area (TPSA) is 54.7 Å². The van der Waals surface area contributed by atoms with E-state index in [0.717, 1.165) is 41.3 Å². The molecule has 3 aromatic rings. The van der Waals surface area contributed by atoms with Gasteiger partial charge in [0, 0.05) is 24.5 Å². The minimum absolute atomic E-state index is 0.0125. The second-order valence-corrected chi connectivity index (χ2v) is 9.45. The molecular weight excluding hydrogens is 404 g/mol.